The third kappa shape index (κ3) is 5.02. The van der Waals surface area contributed by atoms with Crippen LogP contribution in [-0.4, -0.2) is 34.3 Å². The van der Waals surface area contributed by atoms with Gasteiger partial charge < -0.3 is 13.6 Å². The normalized spacial score (nSPS) is 11.6. The molecule has 0 heterocycles. The van der Waals surface area contributed by atoms with Crippen molar-refractivity contribution < 1.29 is 13.6 Å². The van der Waals surface area contributed by atoms with Gasteiger partial charge in [0.1, 0.15) is 12.0 Å². The molecule has 1 aromatic rings. The van der Waals surface area contributed by atoms with Crippen LogP contribution < -0.4 is 4.74 Å². The Balaban J connectivity index is 2.55. The molecule has 0 amide bonds. The van der Waals surface area contributed by atoms with E-state index < -0.39 is 8.56 Å². The molecule has 102 valence electrons. The highest BCUT2D eigenvalue weighted by molar-refractivity contribution is 7.98. The van der Waals surface area contributed by atoms with Crippen molar-refractivity contribution >= 4 is 20.3 Å². The molecule has 0 bridgehead atoms. The van der Waals surface area contributed by atoms with Gasteiger partial charge in [0.15, 0.2) is 0 Å². The molecule has 0 saturated carbocycles. The fourth-order valence-corrected chi connectivity index (χ4v) is 3.93. The number of benzene rings is 1. The van der Waals surface area contributed by atoms with E-state index in [1.165, 1.54) is 4.90 Å². The van der Waals surface area contributed by atoms with Crippen molar-refractivity contribution in [1.82, 2.24) is 0 Å². The van der Waals surface area contributed by atoms with Crippen molar-refractivity contribution in [2.45, 2.75) is 25.3 Å². The Hall–Kier alpha value is -0.493. The summed E-state index contributed by atoms with van der Waals surface area (Å²) in [5, 5.41) is 0. The van der Waals surface area contributed by atoms with E-state index in [4.69, 9.17) is 13.6 Å². The molecule has 0 unspecified atom stereocenters. The zero-order valence-electron chi connectivity index (χ0n) is 11.6. The van der Waals surface area contributed by atoms with E-state index in [0.717, 1.165) is 5.75 Å². The van der Waals surface area contributed by atoms with Gasteiger partial charge in [-0.25, -0.2) is 0 Å². The smallest absolute Gasteiger partial charge is 0.373 e. The monoisotopic (exact) mass is 286 g/mol. The van der Waals surface area contributed by atoms with Gasteiger partial charge in [-0.15, -0.1) is 11.8 Å². The van der Waals surface area contributed by atoms with Crippen molar-refractivity contribution in [1.29, 1.82) is 0 Å². The minimum atomic E-state index is -2.18. The molecule has 0 fully saturated rings. The van der Waals surface area contributed by atoms with E-state index in [0.29, 0.717) is 19.4 Å². The second-order valence-corrected chi connectivity index (χ2v) is 7.98. The maximum absolute atomic E-state index is 5.78. The summed E-state index contributed by atoms with van der Waals surface area (Å²) in [5.41, 5.74) is 0. The summed E-state index contributed by atoms with van der Waals surface area (Å²) in [7, 11) is -2.18. The highest BCUT2D eigenvalue weighted by atomic mass is 32.2. The van der Waals surface area contributed by atoms with Crippen LogP contribution in [0.25, 0.3) is 0 Å². The first kappa shape index (κ1) is 15.6. The molecule has 0 aliphatic heterocycles. The summed E-state index contributed by atoms with van der Waals surface area (Å²) in [5.74, 6) is 0.867. The third-order valence-corrected chi connectivity index (χ3v) is 5.67. The fraction of sp³-hybridized carbons (Fsp3) is 0.538. The van der Waals surface area contributed by atoms with Crippen molar-refractivity contribution in [3.05, 3.63) is 24.3 Å². The Morgan fingerprint density at radius 3 is 2.06 bits per heavy atom. The van der Waals surface area contributed by atoms with Crippen LogP contribution in [0.1, 0.15) is 13.8 Å². The molecular weight excluding hydrogens is 264 g/mol. The lowest BCUT2D eigenvalue weighted by Crippen LogP contribution is -2.45. The van der Waals surface area contributed by atoms with E-state index >= 15 is 0 Å². The number of hydrogen-bond acceptors (Lipinski definition) is 4. The van der Waals surface area contributed by atoms with Crippen molar-refractivity contribution in [2.24, 2.45) is 0 Å². The lowest BCUT2D eigenvalue weighted by atomic mass is 10.3. The zero-order valence-corrected chi connectivity index (χ0v) is 13.4. The predicted octanol–water partition coefficient (Wildman–Crippen LogP) is 3.47. The summed E-state index contributed by atoms with van der Waals surface area (Å²) in [6.07, 6.45) is 2.58. The van der Waals surface area contributed by atoms with E-state index in [2.05, 4.69) is 18.4 Å². The molecule has 0 saturated heterocycles. The van der Waals surface area contributed by atoms with E-state index in [1.54, 1.807) is 11.8 Å². The van der Waals surface area contributed by atoms with Gasteiger partial charge in [-0.3, -0.25) is 0 Å². The molecular formula is C13H22O3SSi. The summed E-state index contributed by atoms with van der Waals surface area (Å²) in [6.45, 7) is 7.33. The standard InChI is InChI=1S/C13H22O3SSi/c1-5-15-18(4,16-6-2)11-14-12-7-9-13(17-3)10-8-12/h7-10H,5-6,11H2,1-4H3. The lowest BCUT2D eigenvalue weighted by Gasteiger charge is -2.25. The second kappa shape index (κ2) is 7.84. The van der Waals surface area contributed by atoms with E-state index in [1.807, 2.05) is 32.5 Å². The molecule has 0 radical (unpaired) electrons. The van der Waals surface area contributed by atoms with Crippen molar-refractivity contribution in [2.75, 3.05) is 25.7 Å². The average Bonchev–Trinajstić information content (AvgIpc) is 2.38. The fourth-order valence-electron chi connectivity index (χ4n) is 1.62. The van der Waals surface area contributed by atoms with Gasteiger partial charge in [-0.1, -0.05) is 0 Å². The Bertz CT molecular complexity index is 337. The maximum atomic E-state index is 5.78. The molecule has 0 aliphatic carbocycles. The Labute approximate surface area is 115 Å². The van der Waals surface area contributed by atoms with Gasteiger partial charge in [-0.2, -0.15) is 0 Å². The molecule has 0 N–H and O–H groups in total. The van der Waals surface area contributed by atoms with Gasteiger partial charge in [0.2, 0.25) is 0 Å². The van der Waals surface area contributed by atoms with E-state index in [-0.39, 0.29) is 0 Å². The quantitative estimate of drug-likeness (QED) is 0.540. The minimum Gasteiger partial charge on any atom is -0.492 e. The molecule has 0 aromatic heterocycles. The zero-order chi connectivity index (χ0) is 13.4. The van der Waals surface area contributed by atoms with Gasteiger partial charge in [0.25, 0.3) is 0 Å². The first-order chi connectivity index (χ1) is 8.63. The SMILES string of the molecule is CCO[Si](C)(COc1ccc(SC)cc1)OCC. The molecule has 5 heteroatoms. The van der Waals surface area contributed by atoms with Gasteiger partial charge in [-0.05, 0) is 50.9 Å². The molecule has 3 nitrogen and oxygen atoms in total. The van der Waals surface area contributed by atoms with Crippen LogP contribution in [0.2, 0.25) is 6.55 Å². The Morgan fingerprint density at radius 2 is 1.61 bits per heavy atom. The highest BCUT2D eigenvalue weighted by Gasteiger charge is 2.32. The lowest BCUT2D eigenvalue weighted by molar-refractivity contribution is 0.164. The number of thioether (sulfide) groups is 1. The summed E-state index contributed by atoms with van der Waals surface area (Å²) in [4.78, 5) is 1.23. The maximum Gasteiger partial charge on any atom is 0.373 e. The van der Waals surface area contributed by atoms with Crippen molar-refractivity contribution in [3.63, 3.8) is 0 Å². The summed E-state index contributed by atoms with van der Waals surface area (Å²) in [6, 6.07) is 8.08. The summed E-state index contributed by atoms with van der Waals surface area (Å²) < 4.78 is 17.2. The van der Waals surface area contributed by atoms with Crippen LogP contribution >= 0.6 is 11.8 Å². The second-order valence-electron chi connectivity index (χ2n) is 3.96. The number of ether oxygens (including phenoxy) is 1. The molecule has 1 rings (SSSR count). The van der Waals surface area contributed by atoms with Crippen LogP contribution in [0.4, 0.5) is 0 Å². The first-order valence-corrected chi connectivity index (χ1v) is 9.93. The van der Waals surface area contributed by atoms with Crippen LogP contribution in [0.3, 0.4) is 0 Å². The highest BCUT2D eigenvalue weighted by Crippen LogP contribution is 2.20. The van der Waals surface area contributed by atoms with Gasteiger partial charge >= 0.3 is 8.56 Å². The van der Waals surface area contributed by atoms with Crippen LogP contribution in [0.5, 0.6) is 5.75 Å². The molecule has 0 atom stereocenters. The number of rotatable bonds is 8. The average molecular weight is 286 g/mol. The Morgan fingerprint density at radius 1 is 1.06 bits per heavy atom. The Kier molecular flexibility index (Phi) is 6.78. The van der Waals surface area contributed by atoms with E-state index in [9.17, 15) is 0 Å². The van der Waals surface area contributed by atoms with Crippen LogP contribution in [0.15, 0.2) is 29.2 Å². The third-order valence-electron chi connectivity index (χ3n) is 2.46. The summed E-state index contributed by atoms with van der Waals surface area (Å²) >= 11 is 1.72. The minimum absolute atomic E-state index is 0.521. The molecule has 1 aromatic carbocycles. The number of hydrogen-bond donors (Lipinski definition) is 0. The molecule has 0 aliphatic rings. The van der Waals surface area contributed by atoms with Crippen LogP contribution in [0, 0.1) is 0 Å². The van der Waals surface area contributed by atoms with Gasteiger partial charge in [0.05, 0.1) is 0 Å². The van der Waals surface area contributed by atoms with Crippen LogP contribution in [-0.2, 0) is 8.85 Å². The first-order valence-electron chi connectivity index (χ1n) is 6.18. The van der Waals surface area contributed by atoms with Crippen molar-refractivity contribution in [3.8, 4) is 5.75 Å². The molecule has 0 spiro atoms. The largest absolute Gasteiger partial charge is 0.492 e. The predicted molar refractivity (Wildman–Crippen MR) is 78.6 cm³/mol. The topological polar surface area (TPSA) is 27.7 Å². The molecule has 18 heavy (non-hydrogen) atoms. The van der Waals surface area contributed by atoms with Gasteiger partial charge in [0, 0.05) is 18.1 Å².